The number of aromatic nitrogens is 4. The number of para-hydroxylation sites is 1. The van der Waals surface area contributed by atoms with E-state index in [-0.39, 0.29) is 23.5 Å². The van der Waals surface area contributed by atoms with E-state index in [0.29, 0.717) is 48.7 Å². The number of imidazole rings is 1. The van der Waals surface area contributed by atoms with E-state index in [1.807, 2.05) is 43.5 Å². The molecule has 0 radical (unpaired) electrons. The van der Waals surface area contributed by atoms with Crippen LogP contribution in [0.3, 0.4) is 0 Å². The van der Waals surface area contributed by atoms with E-state index >= 15 is 0 Å². The summed E-state index contributed by atoms with van der Waals surface area (Å²) in [5.41, 5.74) is 7.49. The van der Waals surface area contributed by atoms with E-state index in [1.165, 1.54) is 10.9 Å². The molecular weight excluding hydrogens is 482 g/mol. The number of carbonyl (C=O) groups excluding carboxylic acids is 1. The van der Waals surface area contributed by atoms with E-state index in [0.717, 1.165) is 12.3 Å². The molecule has 1 aliphatic rings. The highest BCUT2D eigenvalue weighted by molar-refractivity contribution is 5.88. The number of benzene rings is 2. The fourth-order valence-corrected chi connectivity index (χ4v) is 4.64. The van der Waals surface area contributed by atoms with Crippen molar-refractivity contribution in [2.24, 2.45) is 0 Å². The summed E-state index contributed by atoms with van der Waals surface area (Å²) >= 11 is 0. The maximum atomic E-state index is 13.8. The molecule has 0 saturated carbocycles. The number of likely N-dealkylation sites (N-methyl/N-ethyl adjacent to an activating group) is 1. The summed E-state index contributed by atoms with van der Waals surface area (Å²) in [7, 11) is 2.00. The van der Waals surface area contributed by atoms with Crippen LogP contribution in [0, 0.1) is 0 Å². The van der Waals surface area contributed by atoms with Crippen LogP contribution in [-0.2, 0) is 4.79 Å². The summed E-state index contributed by atoms with van der Waals surface area (Å²) in [6.45, 7) is 4.66. The van der Waals surface area contributed by atoms with Crippen molar-refractivity contribution in [1.29, 1.82) is 0 Å². The van der Waals surface area contributed by atoms with Crippen molar-refractivity contribution in [1.82, 2.24) is 28.9 Å². The highest BCUT2D eigenvalue weighted by Gasteiger charge is 2.31. The lowest BCUT2D eigenvalue weighted by atomic mass is 10.2. The summed E-state index contributed by atoms with van der Waals surface area (Å²) in [5, 5.41) is 0. The number of hydrogen-bond acceptors (Lipinski definition) is 7. The number of amides is 1. The molecule has 10 nitrogen and oxygen atoms in total. The predicted octanol–water partition coefficient (Wildman–Crippen LogP) is 3.24. The van der Waals surface area contributed by atoms with Crippen LogP contribution in [0.4, 0.5) is 5.82 Å². The Balaban J connectivity index is 1.43. The fourth-order valence-electron chi connectivity index (χ4n) is 4.64. The maximum absolute atomic E-state index is 13.8. The van der Waals surface area contributed by atoms with Gasteiger partial charge < -0.3 is 20.3 Å². The average Bonchev–Trinajstić information content (AvgIpc) is 3.52. The van der Waals surface area contributed by atoms with E-state index in [2.05, 4.69) is 21.8 Å². The summed E-state index contributed by atoms with van der Waals surface area (Å²) in [6.07, 6.45) is 5.48. The molecular formula is C28H31N7O3. The third-order valence-corrected chi connectivity index (χ3v) is 6.81. The van der Waals surface area contributed by atoms with Gasteiger partial charge in [-0.15, -0.1) is 0 Å². The first kappa shape index (κ1) is 25.2. The molecule has 5 rings (SSSR count). The van der Waals surface area contributed by atoms with Crippen molar-refractivity contribution in [2.45, 2.75) is 19.4 Å². The molecule has 38 heavy (non-hydrogen) atoms. The second kappa shape index (κ2) is 10.9. The number of likely N-dealkylation sites (tertiary alicyclic amines) is 1. The lowest BCUT2D eigenvalue weighted by Gasteiger charge is -2.15. The first-order valence-electron chi connectivity index (χ1n) is 12.7. The van der Waals surface area contributed by atoms with Crippen LogP contribution in [-0.4, -0.2) is 68.0 Å². The SMILES string of the molecule is CCN(C)CC=CC(=O)N1CC[C@H](n2c(=O)n(-c3ccc(Oc4ccccc4)cc3)c3c(N)ncnc32)C1. The Bertz CT molecular complexity index is 1510. The summed E-state index contributed by atoms with van der Waals surface area (Å²) in [4.78, 5) is 39.0. The van der Waals surface area contributed by atoms with Crippen LogP contribution in [0.2, 0.25) is 0 Å². The van der Waals surface area contributed by atoms with Gasteiger partial charge >= 0.3 is 5.69 Å². The lowest BCUT2D eigenvalue weighted by molar-refractivity contribution is -0.125. The van der Waals surface area contributed by atoms with Crippen LogP contribution in [0.5, 0.6) is 11.5 Å². The van der Waals surface area contributed by atoms with Crippen molar-refractivity contribution in [3.05, 3.63) is 83.6 Å². The fraction of sp³-hybridized carbons (Fsp3) is 0.286. The molecule has 2 aromatic heterocycles. The van der Waals surface area contributed by atoms with Crippen LogP contribution in [0.25, 0.3) is 16.9 Å². The molecule has 1 atom stereocenters. The Labute approximate surface area is 220 Å². The molecule has 10 heteroatoms. The highest BCUT2D eigenvalue weighted by Crippen LogP contribution is 2.28. The molecule has 1 saturated heterocycles. The molecule has 1 fully saturated rings. The van der Waals surface area contributed by atoms with Gasteiger partial charge in [0.2, 0.25) is 5.91 Å². The maximum Gasteiger partial charge on any atom is 0.335 e. The number of ether oxygens (including phenoxy) is 1. The van der Waals surface area contributed by atoms with Crippen molar-refractivity contribution in [2.75, 3.05) is 39.0 Å². The van der Waals surface area contributed by atoms with Gasteiger partial charge in [-0.2, -0.15) is 0 Å². The Kier molecular flexibility index (Phi) is 7.23. The van der Waals surface area contributed by atoms with Gasteiger partial charge in [-0.25, -0.2) is 14.8 Å². The first-order chi connectivity index (χ1) is 18.5. The number of nitrogens with two attached hydrogens (primary N) is 1. The van der Waals surface area contributed by atoms with Crippen LogP contribution < -0.4 is 16.2 Å². The third kappa shape index (κ3) is 5.03. The van der Waals surface area contributed by atoms with Gasteiger partial charge in [0.1, 0.15) is 23.3 Å². The first-order valence-corrected chi connectivity index (χ1v) is 12.7. The minimum absolute atomic E-state index is 0.0584. The van der Waals surface area contributed by atoms with Gasteiger partial charge in [-0.1, -0.05) is 31.2 Å². The molecule has 0 unspecified atom stereocenters. The Morgan fingerprint density at radius 1 is 1.13 bits per heavy atom. The summed E-state index contributed by atoms with van der Waals surface area (Å²) in [5.74, 6) is 1.52. The van der Waals surface area contributed by atoms with Gasteiger partial charge in [-0.3, -0.25) is 13.9 Å². The smallest absolute Gasteiger partial charge is 0.335 e. The number of nitrogens with zero attached hydrogens (tertiary/aromatic N) is 6. The van der Waals surface area contributed by atoms with Crippen LogP contribution >= 0.6 is 0 Å². The number of rotatable bonds is 8. The number of fused-ring (bicyclic) bond motifs is 1. The Morgan fingerprint density at radius 2 is 1.87 bits per heavy atom. The second-order valence-electron chi connectivity index (χ2n) is 9.31. The van der Waals surface area contributed by atoms with Gasteiger partial charge in [0.15, 0.2) is 11.5 Å². The van der Waals surface area contributed by atoms with Crippen molar-refractivity contribution < 1.29 is 9.53 Å². The normalized spacial score (nSPS) is 15.7. The molecule has 2 N–H and O–H groups in total. The summed E-state index contributed by atoms with van der Waals surface area (Å²) in [6, 6.07) is 16.5. The number of nitrogen functional groups attached to an aromatic ring is 1. The van der Waals surface area contributed by atoms with Gasteiger partial charge in [0.05, 0.1) is 11.7 Å². The van der Waals surface area contributed by atoms with E-state index < -0.39 is 0 Å². The second-order valence-corrected chi connectivity index (χ2v) is 9.31. The number of carbonyl (C=O) groups is 1. The Morgan fingerprint density at radius 3 is 2.61 bits per heavy atom. The molecule has 3 heterocycles. The Hall–Kier alpha value is -4.44. The number of anilines is 1. The third-order valence-electron chi connectivity index (χ3n) is 6.81. The van der Waals surface area contributed by atoms with Gasteiger partial charge in [0.25, 0.3) is 0 Å². The zero-order valence-electron chi connectivity index (χ0n) is 21.5. The van der Waals surface area contributed by atoms with Crippen molar-refractivity contribution >= 4 is 22.9 Å². The number of hydrogen-bond donors (Lipinski definition) is 1. The largest absolute Gasteiger partial charge is 0.457 e. The van der Waals surface area contributed by atoms with Crippen LogP contribution in [0.1, 0.15) is 19.4 Å². The predicted molar refractivity (Wildman–Crippen MR) is 147 cm³/mol. The van der Waals surface area contributed by atoms with Crippen molar-refractivity contribution in [3.8, 4) is 17.2 Å². The van der Waals surface area contributed by atoms with Gasteiger partial charge in [0, 0.05) is 25.7 Å². The average molecular weight is 514 g/mol. The molecule has 0 bridgehead atoms. The standard InChI is InChI=1S/C28H31N7O3/c1-3-32(2)16-7-10-24(36)33-17-15-21(18-33)35-27-25(26(29)30-19-31-27)34(28(35)37)20-11-13-23(14-12-20)38-22-8-5-4-6-9-22/h4-14,19,21H,3,15-18H2,1-2H3,(H2,29,30,31)/t21-/m0/s1. The molecule has 0 aliphatic carbocycles. The molecule has 2 aromatic carbocycles. The monoisotopic (exact) mass is 513 g/mol. The zero-order chi connectivity index (χ0) is 26.6. The molecule has 1 amide bonds. The zero-order valence-corrected chi connectivity index (χ0v) is 21.5. The molecule has 4 aromatic rings. The lowest BCUT2D eigenvalue weighted by Crippen LogP contribution is -2.31. The quantitative estimate of drug-likeness (QED) is 0.360. The van der Waals surface area contributed by atoms with E-state index in [1.54, 1.807) is 39.8 Å². The van der Waals surface area contributed by atoms with E-state index in [4.69, 9.17) is 10.5 Å². The summed E-state index contributed by atoms with van der Waals surface area (Å²) < 4.78 is 9.06. The molecule has 196 valence electrons. The highest BCUT2D eigenvalue weighted by atomic mass is 16.5. The van der Waals surface area contributed by atoms with Crippen LogP contribution in [0.15, 0.2) is 77.9 Å². The molecule has 0 spiro atoms. The van der Waals surface area contributed by atoms with E-state index in [9.17, 15) is 9.59 Å². The molecule has 1 aliphatic heterocycles. The topological polar surface area (TPSA) is 112 Å². The minimum Gasteiger partial charge on any atom is -0.457 e. The van der Waals surface area contributed by atoms with Crippen molar-refractivity contribution in [3.63, 3.8) is 0 Å². The minimum atomic E-state index is -0.275. The van der Waals surface area contributed by atoms with Gasteiger partial charge in [-0.05, 0) is 56.4 Å².